The van der Waals surface area contributed by atoms with E-state index >= 15 is 0 Å². The number of aliphatic carboxylic acids is 1. The third-order valence-corrected chi connectivity index (χ3v) is 5.81. The number of amides is 1. The van der Waals surface area contributed by atoms with Crippen molar-refractivity contribution in [3.63, 3.8) is 0 Å². The van der Waals surface area contributed by atoms with Crippen LogP contribution in [0, 0.1) is 0 Å². The molecule has 1 unspecified atom stereocenters. The van der Waals surface area contributed by atoms with Gasteiger partial charge in [0.25, 0.3) is 0 Å². The van der Waals surface area contributed by atoms with E-state index in [2.05, 4.69) is 10.1 Å². The van der Waals surface area contributed by atoms with Gasteiger partial charge in [-0.05, 0) is 52.8 Å². The average molecular weight is 485 g/mol. The molecular weight excluding hydrogens is 463 g/mol. The van der Waals surface area contributed by atoms with Gasteiger partial charge in [0.15, 0.2) is 0 Å². The highest BCUT2D eigenvalue weighted by atomic mass is 19.4. The molecule has 3 aromatic carbocycles. The van der Waals surface area contributed by atoms with Crippen molar-refractivity contribution in [2.75, 3.05) is 6.61 Å². The molecule has 2 N–H and O–H groups in total. The first-order valence-corrected chi connectivity index (χ1v) is 10.9. The Morgan fingerprint density at radius 2 is 1.49 bits per heavy atom. The van der Waals surface area contributed by atoms with E-state index in [1.165, 1.54) is 12.1 Å². The molecule has 9 heteroatoms. The van der Waals surface area contributed by atoms with Gasteiger partial charge in [-0.2, -0.15) is 0 Å². The van der Waals surface area contributed by atoms with Crippen LogP contribution in [0.3, 0.4) is 0 Å². The van der Waals surface area contributed by atoms with E-state index in [1.807, 2.05) is 48.5 Å². The van der Waals surface area contributed by atoms with Crippen molar-refractivity contribution < 1.29 is 37.3 Å². The van der Waals surface area contributed by atoms with E-state index in [-0.39, 0.29) is 31.1 Å². The predicted molar refractivity (Wildman–Crippen MR) is 121 cm³/mol. The van der Waals surface area contributed by atoms with E-state index in [0.29, 0.717) is 5.56 Å². The van der Waals surface area contributed by atoms with Crippen LogP contribution in [-0.2, 0) is 16.0 Å². The summed E-state index contributed by atoms with van der Waals surface area (Å²) in [5.41, 5.74) is 4.82. The van der Waals surface area contributed by atoms with Crippen molar-refractivity contribution in [3.05, 3.63) is 89.5 Å². The molecule has 1 aliphatic carbocycles. The first-order valence-electron chi connectivity index (χ1n) is 10.9. The minimum Gasteiger partial charge on any atom is -0.480 e. The van der Waals surface area contributed by atoms with Crippen LogP contribution in [0.2, 0.25) is 0 Å². The summed E-state index contributed by atoms with van der Waals surface area (Å²) in [5, 5.41) is 11.9. The van der Waals surface area contributed by atoms with Crippen LogP contribution in [0.4, 0.5) is 18.0 Å². The van der Waals surface area contributed by atoms with Gasteiger partial charge in [-0.3, -0.25) is 0 Å². The molecule has 0 fully saturated rings. The number of alkyl carbamates (subject to hydrolysis) is 1. The number of ether oxygens (including phenoxy) is 2. The van der Waals surface area contributed by atoms with Gasteiger partial charge in [-0.1, -0.05) is 60.7 Å². The Labute approximate surface area is 199 Å². The molecule has 0 heterocycles. The molecule has 0 saturated carbocycles. The molecule has 0 bridgehead atoms. The van der Waals surface area contributed by atoms with Crippen LogP contribution < -0.4 is 10.1 Å². The van der Waals surface area contributed by atoms with E-state index < -0.39 is 24.5 Å². The zero-order valence-corrected chi connectivity index (χ0v) is 18.4. The number of aryl methyl sites for hydroxylation is 1. The Morgan fingerprint density at radius 1 is 0.914 bits per heavy atom. The molecule has 4 rings (SSSR count). The number of carboxylic acids is 1. The van der Waals surface area contributed by atoms with Crippen LogP contribution >= 0.6 is 0 Å². The van der Waals surface area contributed by atoms with Crippen molar-refractivity contribution in [1.29, 1.82) is 0 Å². The van der Waals surface area contributed by atoms with Crippen molar-refractivity contribution >= 4 is 12.1 Å². The zero-order valence-electron chi connectivity index (χ0n) is 18.4. The Balaban J connectivity index is 1.33. The maximum absolute atomic E-state index is 12.4. The molecule has 3 aromatic rings. The van der Waals surface area contributed by atoms with Crippen molar-refractivity contribution in [2.45, 2.75) is 31.2 Å². The number of halogens is 3. The smallest absolute Gasteiger partial charge is 0.480 e. The summed E-state index contributed by atoms with van der Waals surface area (Å²) in [6.45, 7) is 0.0485. The summed E-state index contributed by atoms with van der Waals surface area (Å²) in [5.74, 6) is -1.77. The monoisotopic (exact) mass is 485 g/mol. The summed E-state index contributed by atoms with van der Waals surface area (Å²) in [6.07, 6.45) is -5.40. The average Bonchev–Trinajstić information content (AvgIpc) is 3.14. The third kappa shape index (κ3) is 5.92. The SMILES string of the molecule is O=C(NC(CCc1ccc(OC(F)(F)F)cc1)C(=O)O)OCC1c2ccccc2-c2ccccc21. The summed E-state index contributed by atoms with van der Waals surface area (Å²) in [7, 11) is 0. The lowest BCUT2D eigenvalue weighted by Gasteiger charge is -2.17. The molecule has 1 atom stereocenters. The molecule has 35 heavy (non-hydrogen) atoms. The van der Waals surface area contributed by atoms with Gasteiger partial charge in [0.05, 0.1) is 0 Å². The molecule has 0 aromatic heterocycles. The van der Waals surface area contributed by atoms with Crippen LogP contribution in [0.1, 0.15) is 29.0 Å². The molecular formula is C26H22F3NO5. The molecule has 1 aliphatic rings. The number of carbonyl (C=O) groups excluding carboxylic acids is 1. The lowest BCUT2D eigenvalue weighted by molar-refractivity contribution is -0.274. The maximum atomic E-state index is 12.4. The second kappa shape index (κ2) is 10.1. The Morgan fingerprint density at radius 3 is 2.03 bits per heavy atom. The Bertz CT molecular complexity index is 1160. The molecule has 0 saturated heterocycles. The summed E-state index contributed by atoms with van der Waals surface area (Å²) >= 11 is 0. The van der Waals surface area contributed by atoms with Crippen LogP contribution in [0.25, 0.3) is 11.1 Å². The van der Waals surface area contributed by atoms with Gasteiger partial charge >= 0.3 is 18.4 Å². The molecule has 0 spiro atoms. The molecule has 0 aliphatic heterocycles. The second-order valence-corrected chi connectivity index (χ2v) is 8.09. The molecule has 1 amide bonds. The fraction of sp³-hybridized carbons (Fsp3) is 0.231. The number of rotatable bonds is 8. The highest BCUT2D eigenvalue weighted by molar-refractivity contribution is 5.81. The normalized spacial score (nSPS) is 13.5. The number of hydrogen-bond donors (Lipinski definition) is 2. The second-order valence-electron chi connectivity index (χ2n) is 8.09. The van der Waals surface area contributed by atoms with Gasteiger partial charge in [-0.25, -0.2) is 9.59 Å². The highest BCUT2D eigenvalue weighted by Gasteiger charge is 2.31. The van der Waals surface area contributed by atoms with Gasteiger partial charge in [0, 0.05) is 5.92 Å². The molecule has 0 radical (unpaired) electrons. The quantitative estimate of drug-likeness (QED) is 0.440. The van der Waals surface area contributed by atoms with Gasteiger partial charge < -0.3 is 19.9 Å². The summed E-state index contributed by atoms with van der Waals surface area (Å²) in [4.78, 5) is 24.0. The van der Waals surface area contributed by atoms with Crippen molar-refractivity contribution in [3.8, 4) is 16.9 Å². The molecule has 182 valence electrons. The van der Waals surface area contributed by atoms with Gasteiger partial charge in [0.1, 0.15) is 18.4 Å². The van der Waals surface area contributed by atoms with Crippen molar-refractivity contribution in [1.82, 2.24) is 5.32 Å². The topological polar surface area (TPSA) is 84.9 Å². The minimum atomic E-state index is -4.79. The van der Waals surface area contributed by atoms with Gasteiger partial charge in [0.2, 0.25) is 0 Å². The highest BCUT2D eigenvalue weighted by Crippen LogP contribution is 2.44. The molecule has 6 nitrogen and oxygen atoms in total. The fourth-order valence-corrected chi connectivity index (χ4v) is 4.21. The number of nitrogens with one attached hydrogen (secondary N) is 1. The number of fused-ring (bicyclic) bond motifs is 3. The van der Waals surface area contributed by atoms with E-state index in [9.17, 15) is 27.9 Å². The van der Waals surface area contributed by atoms with E-state index in [0.717, 1.165) is 34.4 Å². The zero-order chi connectivity index (χ0) is 25.0. The van der Waals surface area contributed by atoms with Crippen LogP contribution in [0.5, 0.6) is 5.75 Å². The first-order chi connectivity index (χ1) is 16.7. The number of hydrogen-bond acceptors (Lipinski definition) is 4. The fourth-order valence-electron chi connectivity index (χ4n) is 4.21. The lowest BCUT2D eigenvalue weighted by atomic mass is 9.98. The number of carbonyl (C=O) groups is 2. The minimum absolute atomic E-state index is 0.0268. The maximum Gasteiger partial charge on any atom is 0.573 e. The third-order valence-electron chi connectivity index (χ3n) is 5.81. The van der Waals surface area contributed by atoms with Crippen molar-refractivity contribution in [2.24, 2.45) is 0 Å². The first kappa shape index (κ1) is 24.1. The predicted octanol–water partition coefficient (Wildman–Crippen LogP) is 5.51. The van der Waals surface area contributed by atoms with Gasteiger partial charge in [-0.15, -0.1) is 13.2 Å². The van der Waals surface area contributed by atoms with Crippen LogP contribution in [-0.4, -0.2) is 36.2 Å². The largest absolute Gasteiger partial charge is 0.573 e. The summed E-state index contributed by atoms with van der Waals surface area (Å²) in [6, 6.07) is 19.6. The van der Waals surface area contributed by atoms with Crippen LogP contribution in [0.15, 0.2) is 72.8 Å². The van der Waals surface area contributed by atoms with E-state index in [4.69, 9.17) is 4.74 Å². The van der Waals surface area contributed by atoms with E-state index in [1.54, 1.807) is 0 Å². The summed E-state index contributed by atoms with van der Waals surface area (Å²) < 4.78 is 46.0. The Hall–Kier alpha value is -4.01. The number of benzene rings is 3. The standard InChI is InChI=1S/C26H22F3NO5/c27-26(28,29)35-17-12-9-16(10-13-17)11-14-23(24(31)32)30-25(33)34-15-22-20-7-3-1-5-18(20)19-6-2-4-8-21(19)22/h1-10,12-13,22-23H,11,14-15H2,(H,30,33)(H,31,32). The number of carboxylic acid groups (broad SMARTS) is 1. The lowest BCUT2D eigenvalue weighted by Crippen LogP contribution is -2.41. The number of alkyl halides is 3. The Kier molecular flexibility index (Phi) is 6.95.